The van der Waals surface area contributed by atoms with Gasteiger partial charge in [-0.2, -0.15) is 0 Å². The van der Waals surface area contributed by atoms with Gasteiger partial charge in [0.05, 0.1) is 5.39 Å². The van der Waals surface area contributed by atoms with Crippen LogP contribution in [-0.4, -0.2) is 9.97 Å². The molecule has 0 bridgehead atoms. The van der Waals surface area contributed by atoms with E-state index in [1.807, 2.05) is 13.0 Å². The first kappa shape index (κ1) is 15.8. The highest BCUT2D eigenvalue weighted by Gasteiger charge is 2.12. The molecule has 2 heterocycles. The van der Waals surface area contributed by atoms with Gasteiger partial charge in [-0.25, -0.2) is 9.97 Å². The Morgan fingerprint density at radius 3 is 2.44 bits per heavy atom. The summed E-state index contributed by atoms with van der Waals surface area (Å²) in [7, 11) is 0. The molecule has 0 aliphatic carbocycles. The molecule has 25 heavy (non-hydrogen) atoms. The minimum absolute atomic E-state index is 0.779. The van der Waals surface area contributed by atoms with E-state index < -0.39 is 0 Å². The molecular formula is C21H19N3S. The predicted octanol–water partition coefficient (Wildman–Crippen LogP) is 6.03. The van der Waals surface area contributed by atoms with E-state index in [2.05, 4.69) is 77.7 Å². The van der Waals surface area contributed by atoms with Gasteiger partial charge in [-0.05, 0) is 44.0 Å². The topological polar surface area (TPSA) is 37.8 Å². The molecule has 0 unspecified atom stereocenters. The Morgan fingerprint density at radius 1 is 0.880 bits per heavy atom. The lowest BCUT2D eigenvalue weighted by atomic mass is 10.1. The number of anilines is 2. The molecule has 0 fully saturated rings. The number of nitrogens with one attached hydrogen (secondary N) is 1. The Kier molecular flexibility index (Phi) is 3.98. The zero-order valence-electron chi connectivity index (χ0n) is 14.5. The smallest absolute Gasteiger partial charge is 0.142 e. The van der Waals surface area contributed by atoms with Crippen molar-refractivity contribution in [2.24, 2.45) is 0 Å². The van der Waals surface area contributed by atoms with Crippen LogP contribution >= 0.6 is 11.3 Å². The largest absolute Gasteiger partial charge is 0.339 e. The van der Waals surface area contributed by atoms with Crippen molar-refractivity contribution < 1.29 is 0 Å². The second kappa shape index (κ2) is 6.30. The minimum atomic E-state index is 0.779. The van der Waals surface area contributed by atoms with Crippen molar-refractivity contribution in [3.05, 3.63) is 71.5 Å². The fourth-order valence-electron chi connectivity index (χ4n) is 2.95. The van der Waals surface area contributed by atoms with E-state index in [1.165, 1.54) is 21.6 Å². The highest BCUT2D eigenvalue weighted by atomic mass is 32.1. The van der Waals surface area contributed by atoms with E-state index in [0.717, 1.165) is 27.5 Å². The number of rotatable bonds is 3. The number of hydrogen-bond acceptors (Lipinski definition) is 4. The normalized spacial score (nSPS) is 11.0. The Hall–Kier alpha value is -2.72. The van der Waals surface area contributed by atoms with Crippen LogP contribution < -0.4 is 5.32 Å². The van der Waals surface area contributed by atoms with Crippen LogP contribution in [0, 0.1) is 20.8 Å². The van der Waals surface area contributed by atoms with Crippen LogP contribution in [0.5, 0.6) is 0 Å². The molecule has 0 atom stereocenters. The maximum absolute atomic E-state index is 4.65. The van der Waals surface area contributed by atoms with Gasteiger partial charge < -0.3 is 5.32 Å². The van der Waals surface area contributed by atoms with Crippen LogP contribution in [0.15, 0.2) is 54.6 Å². The van der Waals surface area contributed by atoms with Gasteiger partial charge >= 0.3 is 0 Å². The first-order chi connectivity index (χ1) is 12.1. The van der Waals surface area contributed by atoms with Crippen molar-refractivity contribution in [1.82, 2.24) is 9.97 Å². The maximum Gasteiger partial charge on any atom is 0.142 e. The van der Waals surface area contributed by atoms with Crippen LogP contribution in [0.3, 0.4) is 0 Å². The van der Waals surface area contributed by atoms with E-state index in [9.17, 15) is 0 Å². The minimum Gasteiger partial charge on any atom is -0.339 e. The molecular weight excluding hydrogens is 326 g/mol. The standard InChI is InChI=1S/C21H19N3S/c1-13-9-10-18(14(2)11-13)24-20-17-12-19(16-7-5-4-6-8-16)25-21(17)23-15(3)22-20/h4-12H,1-3H3,(H,22,23,24). The van der Waals surface area contributed by atoms with Crippen LogP contribution in [0.2, 0.25) is 0 Å². The van der Waals surface area contributed by atoms with Gasteiger partial charge in [0.25, 0.3) is 0 Å². The van der Waals surface area contributed by atoms with Gasteiger partial charge in [0.15, 0.2) is 0 Å². The number of aryl methyl sites for hydroxylation is 3. The van der Waals surface area contributed by atoms with Gasteiger partial charge in [0, 0.05) is 10.6 Å². The molecule has 0 aliphatic rings. The molecule has 0 amide bonds. The molecule has 1 N–H and O–H groups in total. The summed E-state index contributed by atoms with van der Waals surface area (Å²) in [6, 6.07) is 19.0. The predicted molar refractivity (Wildman–Crippen MR) is 107 cm³/mol. The van der Waals surface area contributed by atoms with Crippen LogP contribution in [0.1, 0.15) is 17.0 Å². The quantitative estimate of drug-likeness (QED) is 0.493. The Bertz CT molecular complexity index is 1050. The van der Waals surface area contributed by atoms with Crippen molar-refractivity contribution in [2.75, 3.05) is 5.32 Å². The number of fused-ring (bicyclic) bond motifs is 1. The summed E-state index contributed by atoms with van der Waals surface area (Å²) in [6.07, 6.45) is 0. The number of aromatic nitrogens is 2. The molecule has 0 saturated heterocycles. The average molecular weight is 345 g/mol. The van der Waals surface area contributed by atoms with Gasteiger partial charge in [-0.15, -0.1) is 11.3 Å². The molecule has 2 aromatic heterocycles. The molecule has 0 aliphatic heterocycles. The molecule has 3 nitrogen and oxygen atoms in total. The number of benzene rings is 2. The molecule has 2 aromatic carbocycles. The highest BCUT2D eigenvalue weighted by Crippen LogP contribution is 2.36. The monoisotopic (exact) mass is 345 g/mol. The Labute approximate surface area is 151 Å². The van der Waals surface area contributed by atoms with Crippen molar-refractivity contribution in [3.63, 3.8) is 0 Å². The molecule has 0 spiro atoms. The van der Waals surface area contributed by atoms with Gasteiger partial charge in [-0.1, -0.05) is 48.0 Å². The second-order valence-corrected chi connectivity index (χ2v) is 7.29. The first-order valence-corrected chi connectivity index (χ1v) is 9.10. The third-order valence-corrected chi connectivity index (χ3v) is 5.28. The third kappa shape index (κ3) is 3.13. The fourth-order valence-corrected chi connectivity index (χ4v) is 4.03. The third-order valence-electron chi connectivity index (χ3n) is 4.20. The van der Waals surface area contributed by atoms with Crippen LogP contribution in [-0.2, 0) is 0 Å². The summed E-state index contributed by atoms with van der Waals surface area (Å²) in [5.41, 5.74) is 4.76. The van der Waals surface area contributed by atoms with Gasteiger partial charge in [0.1, 0.15) is 16.5 Å². The maximum atomic E-state index is 4.65. The molecule has 4 aromatic rings. The summed E-state index contributed by atoms with van der Waals surface area (Å²) >= 11 is 1.70. The summed E-state index contributed by atoms with van der Waals surface area (Å²) in [6.45, 7) is 6.16. The van der Waals surface area contributed by atoms with E-state index in [4.69, 9.17) is 0 Å². The van der Waals surface area contributed by atoms with Crippen molar-refractivity contribution in [1.29, 1.82) is 0 Å². The molecule has 0 saturated carbocycles. The zero-order chi connectivity index (χ0) is 17.4. The van der Waals surface area contributed by atoms with Crippen molar-refractivity contribution >= 4 is 33.1 Å². The van der Waals surface area contributed by atoms with Crippen LogP contribution in [0.25, 0.3) is 20.7 Å². The lowest BCUT2D eigenvalue weighted by molar-refractivity contribution is 1.10. The molecule has 124 valence electrons. The van der Waals surface area contributed by atoms with Crippen molar-refractivity contribution in [3.8, 4) is 10.4 Å². The number of nitrogens with zero attached hydrogens (tertiary/aromatic N) is 2. The van der Waals surface area contributed by atoms with E-state index in [0.29, 0.717) is 0 Å². The van der Waals surface area contributed by atoms with E-state index >= 15 is 0 Å². The van der Waals surface area contributed by atoms with E-state index in [-0.39, 0.29) is 0 Å². The summed E-state index contributed by atoms with van der Waals surface area (Å²) in [5.74, 6) is 1.65. The number of thiophene rings is 1. The SMILES string of the molecule is Cc1ccc(Nc2nc(C)nc3sc(-c4ccccc4)cc23)c(C)c1. The fraction of sp³-hybridized carbons (Fsp3) is 0.143. The summed E-state index contributed by atoms with van der Waals surface area (Å²) in [4.78, 5) is 11.5. The Morgan fingerprint density at radius 2 is 1.68 bits per heavy atom. The average Bonchev–Trinajstić information content (AvgIpc) is 3.02. The van der Waals surface area contributed by atoms with Gasteiger partial charge in [-0.3, -0.25) is 0 Å². The zero-order valence-corrected chi connectivity index (χ0v) is 15.3. The molecule has 0 radical (unpaired) electrons. The van der Waals surface area contributed by atoms with Crippen LogP contribution in [0.4, 0.5) is 11.5 Å². The van der Waals surface area contributed by atoms with E-state index in [1.54, 1.807) is 11.3 Å². The van der Waals surface area contributed by atoms with Gasteiger partial charge in [0.2, 0.25) is 0 Å². The second-order valence-electron chi connectivity index (χ2n) is 6.26. The lowest BCUT2D eigenvalue weighted by Gasteiger charge is -2.11. The molecule has 4 rings (SSSR count). The summed E-state index contributed by atoms with van der Waals surface area (Å²) in [5, 5.41) is 4.57. The first-order valence-electron chi connectivity index (χ1n) is 8.28. The lowest BCUT2D eigenvalue weighted by Crippen LogP contribution is -1.99. The Balaban J connectivity index is 1.82. The molecule has 4 heteroatoms. The highest BCUT2D eigenvalue weighted by molar-refractivity contribution is 7.21. The van der Waals surface area contributed by atoms with Crippen molar-refractivity contribution in [2.45, 2.75) is 20.8 Å². The summed E-state index contributed by atoms with van der Waals surface area (Å²) < 4.78 is 0. The number of hydrogen-bond donors (Lipinski definition) is 1.